The van der Waals surface area contributed by atoms with Gasteiger partial charge in [-0.25, -0.2) is 0 Å². The summed E-state index contributed by atoms with van der Waals surface area (Å²) in [5.74, 6) is -0.00565. The molecular formula is C12H22ClN3O. The maximum atomic E-state index is 11.8. The van der Waals surface area contributed by atoms with Gasteiger partial charge in [0.1, 0.15) is 5.69 Å². The van der Waals surface area contributed by atoms with Gasteiger partial charge in [-0.3, -0.25) is 4.79 Å². The van der Waals surface area contributed by atoms with Crippen LogP contribution in [0.2, 0.25) is 0 Å². The van der Waals surface area contributed by atoms with Gasteiger partial charge in [0, 0.05) is 25.8 Å². The molecule has 1 aromatic heterocycles. The molecule has 0 aromatic carbocycles. The molecule has 98 valence electrons. The summed E-state index contributed by atoms with van der Waals surface area (Å²) in [4.78, 5) is 11.8. The van der Waals surface area contributed by atoms with Gasteiger partial charge in [0.05, 0.1) is 0 Å². The van der Waals surface area contributed by atoms with E-state index >= 15 is 0 Å². The highest BCUT2D eigenvalue weighted by Gasteiger charge is 2.09. The summed E-state index contributed by atoms with van der Waals surface area (Å²) in [6.07, 6.45) is 1.12. The largest absolute Gasteiger partial charge is 0.349 e. The summed E-state index contributed by atoms with van der Waals surface area (Å²) in [6, 6.07) is 3.80. The Morgan fingerprint density at radius 3 is 2.53 bits per heavy atom. The van der Waals surface area contributed by atoms with Gasteiger partial charge in [-0.1, -0.05) is 6.92 Å². The van der Waals surface area contributed by atoms with Crippen LogP contribution in [-0.2, 0) is 7.05 Å². The summed E-state index contributed by atoms with van der Waals surface area (Å²) < 4.78 is 1.90. The molecule has 1 rings (SSSR count). The minimum absolute atomic E-state index is 0. The minimum Gasteiger partial charge on any atom is -0.349 e. The SMILES string of the molecule is CCCNCCNC(=O)c1ccc(C)n1C.Cl. The number of aromatic nitrogens is 1. The topological polar surface area (TPSA) is 46.1 Å². The number of amides is 1. The Hall–Kier alpha value is -1.00. The van der Waals surface area contributed by atoms with E-state index in [0.717, 1.165) is 25.2 Å². The summed E-state index contributed by atoms with van der Waals surface area (Å²) in [6.45, 7) is 6.60. The van der Waals surface area contributed by atoms with Crippen LogP contribution < -0.4 is 10.6 Å². The van der Waals surface area contributed by atoms with Crippen LogP contribution in [0.15, 0.2) is 12.1 Å². The fourth-order valence-electron chi connectivity index (χ4n) is 1.50. The van der Waals surface area contributed by atoms with Gasteiger partial charge in [-0.15, -0.1) is 12.4 Å². The van der Waals surface area contributed by atoms with E-state index in [-0.39, 0.29) is 18.3 Å². The molecule has 0 atom stereocenters. The molecule has 0 saturated heterocycles. The van der Waals surface area contributed by atoms with Gasteiger partial charge in [0.15, 0.2) is 0 Å². The Morgan fingerprint density at radius 1 is 1.29 bits per heavy atom. The summed E-state index contributed by atoms with van der Waals surface area (Å²) in [5, 5.41) is 6.13. The first-order valence-electron chi connectivity index (χ1n) is 5.78. The average molecular weight is 260 g/mol. The zero-order chi connectivity index (χ0) is 12.0. The highest BCUT2D eigenvalue weighted by molar-refractivity contribution is 5.92. The van der Waals surface area contributed by atoms with Crippen molar-refractivity contribution in [3.05, 3.63) is 23.5 Å². The first-order valence-corrected chi connectivity index (χ1v) is 5.78. The second-order valence-electron chi connectivity index (χ2n) is 3.92. The zero-order valence-corrected chi connectivity index (χ0v) is 11.6. The van der Waals surface area contributed by atoms with E-state index in [9.17, 15) is 4.79 Å². The second kappa shape index (κ2) is 8.14. The van der Waals surface area contributed by atoms with Crippen molar-refractivity contribution in [3.8, 4) is 0 Å². The molecule has 1 aromatic rings. The second-order valence-corrected chi connectivity index (χ2v) is 3.92. The fraction of sp³-hybridized carbons (Fsp3) is 0.583. The van der Waals surface area contributed by atoms with Crippen molar-refractivity contribution in [2.24, 2.45) is 7.05 Å². The van der Waals surface area contributed by atoms with Gasteiger partial charge in [0.2, 0.25) is 0 Å². The number of carbonyl (C=O) groups is 1. The smallest absolute Gasteiger partial charge is 0.267 e. The van der Waals surface area contributed by atoms with Crippen LogP contribution in [0.5, 0.6) is 0 Å². The molecule has 0 fully saturated rings. The molecule has 0 unspecified atom stereocenters. The molecule has 2 N–H and O–H groups in total. The van der Waals surface area contributed by atoms with Crippen molar-refractivity contribution in [3.63, 3.8) is 0 Å². The predicted molar refractivity (Wildman–Crippen MR) is 72.9 cm³/mol. The Balaban J connectivity index is 0.00000256. The maximum absolute atomic E-state index is 11.8. The van der Waals surface area contributed by atoms with Crippen molar-refractivity contribution >= 4 is 18.3 Å². The molecule has 5 heteroatoms. The molecule has 1 amide bonds. The first kappa shape index (κ1) is 16.0. The summed E-state index contributed by atoms with van der Waals surface area (Å²) >= 11 is 0. The maximum Gasteiger partial charge on any atom is 0.267 e. The van der Waals surface area contributed by atoms with E-state index in [1.54, 1.807) is 0 Å². The van der Waals surface area contributed by atoms with E-state index in [0.29, 0.717) is 12.2 Å². The molecule has 4 nitrogen and oxygen atoms in total. The minimum atomic E-state index is -0.00565. The Morgan fingerprint density at radius 2 is 2.00 bits per heavy atom. The van der Waals surface area contributed by atoms with Crippen molar-refractivity contribution in [1.29, 1.82) is 0 Å². The molecule has 1 heterocycles. The molecule has 0 saturated carbocycles. The molecule has 0 bridgehead atoms. The molecule has 0 radical (unpaired) electrons. The van der Waals surface area contributed by atoms with Crippen LogP contribution in [0.4, 0.5) is 0 Å². The standard InChI is InChI=1S/C12H21N3O.ClH/c1-4-7-13-8-9-14-12(16)11-6-5-10(2)15(11)3;/h5-6,13H,4,7-9H2,1-3H3,(H,14,16);1H. The number of halogens is 1. The average Bonchev–Trinajstić information content (AvgIpc) is 2.59. The fourth-order valence-corrected chi connectivity index (χ4v) is 1.50. The third-order valence-electron chi connectivity index (χ3n) is 2.62. The first-order chi connectivity index (χ1) is 7.66. The van der Waals surface area contributed by atoms with E-state index in [1.807, 2.05) is 30.7 Å². The van der Waals surface area contributed by atoms with Crippen LogP contribution in [0.3, 0.4) is 0 Å². The van der Waals surface area contributed by atoms with E-state index < -0.39 is 0 Å². The number of nitrogens with one attached hydrogen (secondary N) is 2. The summed E-state index contributed by atoms with van der Waals surface area (Å²) in [7, 11) is 1.90. The Kier molecular flexibility index (Phi) is 7.66. The molecule has 0 spiro atoms. The van der Waals surface area contributed by atoms with Gasteiger partial charge >= 0.3 is 0 Å². The lowest BCUT2D eigenvalue weighted by Gasteiger charge is -2.07. The van der Waals surface area contributed by atoms with Crippen LogP contribution >= 0.6 is 12.4 Å². The van der Waals surface area contributed by atoms with E-state index in [4.69, 9.17) is 0 Å². The van der Waals surface area contributed by atoms with Crippen molar-refractivity contribution in [2.45, 2.75) is 20.3 Å². The lowest BCUT2D eigenvalue weighted by molar-refractivity contribution is 0.0945. The normalized spacial score (nSPS) is 9.82. The molecular weight excluding hydrogens is 238 g/mol. The van der Waals surface area contributed by atoms with Crippen molar-refractivity contribution in [1.82, 2.24) is 15.2 Å². The Labute approximate surface area is 109 Å². The van der Waals surface area contributed by atoms with Crippen LogP contribution in [0, 0.1) is 6.92 Å². The lowest BCUT2D eigenvalue weighted by Crippen LogP contribution is -2.33. The highest BCUT2D eigenvalue weighted by Crippen LogP contribution is 2.04. The number of hydrogen-bond acceptors (Lipinski definition) is 2. The van der Waals surface area contributed by atoms with E-state index in [1.165, 1.54) is 0 Å². The van der Waals surface area contributed by atoms with Crippen molar-refractivity contribution in [2.75, 3.05) is 19.6 Å². The van der Waals surface area contributed by atoms with Crippen LogP contribution in [0.1, 0.15) is 29.5 Å². The van der Waals surface area contributed by atoms with Crippen LogP contribution in [-0.4, -0.2) is 30.1 Å². The zero-order valence-electron chi connectivity index (χ0n) is 10.7. The van der Waals surface area contributed by atoms with Gasteiger partial charge < -0.3 is 15.2 Å². The lowest BCUT2D eigenvalue weighted by atomic mass is 10.4. The highest BCUT2D eigenvalue weighted by atomic mass is 35.5. The number of nitrogens with zero attached hydrogens (tertiary/aromatic N) is 1. The third kappa shape index (κ3) is 4.79. The quantitative estimate of drug-likeness (QED) is 0.761. The van der Waals surface area contributed by atoms with E-state index in [2.05, 4.69) is 17.6 Å². The number of rotatable bonds is 6. The number of hydrogen-bond donors (Lipinski definition) is 2. The van der Waals surface area contributed by atoms with Gasteiger partial charge in [0.25, 0.3) is 5.91 Å². The van der Waals surface area contributed by atoms with Gasteiger partial charge in [-0.05, 0) is 32.0 Å². The number of carbonyl (C=O) groups excluding carboxylic acids is 1. The Bertz CT molecular complexity index is 350. The molecule has 0 aliphatic rings. The number of aryl methyl sites for hydroxylation is 1. The monoisotopic (exact) mass is 259 g/mol. The molecule has 0 aliphatic carbocycles. The molecule has 0 aliphatic heterocycles. The third-order valence-corrected chi connectivity index (χ3v) is 2.62. The predicted octanol–water partition coefficient (Wildman–Crippen LogP) is 1.48. The van der Waals surface area contributed by atoms with Crippen molar-refractivity contribution < 1.29 is 4.79 Å². The van der Waals surface area contributed by atoms with Crippen LogP contribution in [0.25, 0.3) is 0 Å². The summed E-state index contributed by atoms with van der Waals surface area (Å²) in [5.41, 5.74) is 1.81. The van der Waals surface area contributed by atoms with Gasteiger partial charge in [-0.2, -0.15) is 0 Å². The molecule has 17 heavy (non-hydrogen) atoms.